The molecule has 3 atom stereocenters. The summed E-state index contributed by atoms with van der Waals surface area (Å²) in [6.45, 7) is 13.0. The highest BCUT2D eigenvalue weighted by Gasteiger charge is 2.26. The highest BCUT2D eigenvalue weighted by Crippen LogP contribution is 2.43. The molecule has 0 spiro atoms. The van der Waals surface area contributed by atoms with Crippen LogP contribution in [0.25, 0.3) is 11.1 Å². The third-order valence-corrected chi connectivity index (χ3v) is 5.72. The number of alkyl carbamates (subject to hydrolysis) is 1. The minimum absolute atomic E-state index is 0.0444. The number of alkyl halides is 2. The Balaban J connectivity index is 0.000000307. The first-order chi connectivity index (χ1) is 18.4. The number of hydrogen-bond donors (Lipinski definition) is 3. The summed E-state index contributed by atoms with van der Waals surface area (Å²) in [7, 11) is 0. The normalized spacial score (nSPS) is 16.2. The first-order valence-electron chi connectivity index (χ1n) is 13.5. The van der Waals surface area contributed by atoms with Crippen molar-refractivity contribution in [2.45, 2.75) is 103 Å². The van der Waals surface area contributed by atoms with Crippen molar-refractivity contribution in [1.82, 2.24) is 10.3 Å². The number of pyridine rings is 1. The van der Waals surface area contributed by atoms with Gasteiger partial charge in [-0.1, -0.05) is 0 Å². The van der Waals surface area contributed by atoms with Crippen LogP contribution >= 0.6 is 0 Å². The molecule has 10 heteroatoms. The number of carbonyl (C=O) groups is 1. The molecule has 0 saturated carbocycles. The summed E-state index contributed by atoms with van der Waals surface area (Å²) in [5, 5.41) is 11.4. The molecule has 0 bridgehead atoms. The van der Waals surface area contributed by atoms with Gasteiger partial charge in [0.25, 0.3) is 0 Å². The Hall–Kier alpha value is -2.98. The lowest BCUT2D eigenvalue weighted by Crippen LogP contribution is -2.43. The molecular formula is C30H45F2N3O5. The topological polar surface area (TPSA) is 116 Å². The summed E-state index contributed by atoms with van der Waals surface area (Å²) in [5.41, 5.74) is 5.81. The minimum Gasteiger partial charge on any atom is -0.492 e. The van der Waals surface area contributed by atoms with Crippen LogP contribution in [0.15, 0.2) is 36.7 Å². The van der Waals surface area contributed by atoms with Crippen molar-refractivity contribution in [2.75, 3.05) is 13.2 Å². The number of aromatic nitrogens is 1. The van der Waals surface area contributed by atoms with Crippen LogP contribution < -0.4 is 20.5 Å². The van der Waals surface area contributed by atoms with Crippen molar-refractivity contribution in [3.05, 3.63) is 42.2 Å². The molecule has 4 N–H and O–H groups in total. The molecule has 224 valence electrons. The van der Waals surface area contributed by atoms with Crippen LogP contribution in [0, 0.1) is 0 Å². The summed E-state index contributed by atoms with van der Waals surface area (Å²) in [4.78, 5) is 15.5. The number of benzene rings is 1. The van der Waals surface area contributed by atoms with E-state index in [1.165, 1.54) is 27.7 Å². The van der Waals surface area contributed by atoms with Gasteiger partial charge >= 0.3 is 6.09 Å². The number of nitrogens with two attached hydrogens (primary N) is 1. The van der Waals surface area contributed by atoms with Gasteiger partial charge < -0.3 is 30.4 Å². The molecule has 1 aliphatic heterocycles. The van der Waals surface area contributed by atoms with Crippen LogP contribution in [0.1, 0.15) is 79.9 Å². The maximum Gasteiger partial charge on any atom is 0.407 e. The smallest absolute Gasteiger partial charge is 0.407 e. The van der Waals surface area contributed by atoms with Crippen molar-refractivity contribution >= 4 is 6.09 Å². The predicted molar refractivity (Wildman–Crippen MR) is 152 cm³/mol. The number of ether oxygens (including phenoxy) is 3. The van der Waals surface area contributed by atoms with Gasteiger partial charge in [-0.05, 0) is 85.6 Å². The molecule has 1 aromatic carbocycles. The van der Waals surface area contributed by atoms with Crippen LogP contribution in [-0.2, 0) is 4.74 Å². The van der Waals surface area contributed by atoms with Crippen molar-refractivity contribution in [2.24, 2.45) is 5.73 Å². The number of nitrogens with one attached hydrogen (secondary N) is 1. The Bertz CT molecular complexity index is 1110. The fourth-order valence-corrected chi connectivity index (χ4v) is 4.25. The zero-order valence-electron chi connectivity index (χ0n) is 24.9. The highest BCUT2D eigenvalue weighted by molar-refractivity contribution is 5.76. The monoisotopic (exact) mass is 565 g/mol. The number of nitrogens with zero attached hydrogens (tertiary/aromatic N) is 1. The number of amides is 1. The molecular weight excluding hydrogens is 520 g/mol. The number of halogens is 2. The van der Waals surface area contributed by atoms with Crippen molar-refractivity contribution in [3.8, 4) is 22.6 Å². The summed E-state index contributed by atoms with van der Waals surface area (Å²) in [5.74, 6) is 1.45. The van der Waals surface area contributed by atoms with Gasteiger partial charge in [0.1, 0.15) is 41.1 Å². The van der Waals surface area contributed by atoms with Crippen LogP contribution in [0.4, 0.5) is 13.6 Å². The molecule has 0 fully saturated rings. The minimum atomic E-state index is -1.44. The largest absolute Gasteiger partial charge is 0.492 e. The van der Waals surface area contributed by atoms with Crippen LogP contribution in [-0.4, -0.2) is 58.4 Å². The summed E-state index contributed by atoms with van der Waals surface area (Å²) >= 11 is 0. The molecule has 2 heterocycles. The van der Waals surface area contributed by atoms with E-state index in [2.05, 4.69) is 10.3 Å². The van der Waals surface area contributed by atoms with E-state index in [0.29, 0.717) is 5.75 Å². The van der Waals surface area contributed by atoms with Gasteiger partial charge in [0.15, 0.2) is 0 Å². The fraction of sp³-hybridized carbons (Fsp3) is 0.600. The molecule has 3 unspecified atom stereocenters. The average Bonchev–Trinajstić information content (AvgIpc) is 2.79. The number of carbonyl (C=O) groups excluding carboxylic acids is 1. The van der Waals surface area contributed by atoms with E-state index >= 15 is 0 Å². The standard InChI is InChI=1S/C19H23FN2O2.C11H22FNO3/c1-12-17-10-22-7-6-15(17)16-5-4-14(8-18(16)24-12)23-11-13(21)9-19(2,3)20;1-10(2,3)16-9(15)13-8(7-14)6-11(4,5)12/h4-8,10,12-13H,9,11,21H2,1-3H3;8,14H,6-7H2,1-5H3,(H,13,15). The SMILES string of the molecule is CC(C)(F)CC(CO)NC(=O)OC(C)(C)C.CC1Oc2cc(OCC(N)CC(C)(C)F)ccc2-c2ccncc21. The Kier molecular flexibility index (Phi) is 11.3. The maximum atomic E-state index is 13.6. The Morgan fingerprint density at radius 3 is 2.33 bits per heavy atom. The van der Waals surface area contributed by atoms with E-state index in [-0.39, 0.29) is 38.2 Å². The lowest BCUT2D eigenvalue weighted by molar-refractivity contribution is 0.0451. The van der Waals surface area contributed by atoms with Crippen LogP contribution in [0.3, 0.4) is 0 Å². The first-order valence-corrected chi connectivity index (χ1v) is 13.5. The van der Waals surface area contributed by atoms with E-state index in [1.54, 1.807) is 27.0 Å². The Morgan fingerprint density at radius 1 is 1.10 bits per heavy atom. The average molecular weight is 566 g/mol. The van der Waals surface area contributed by atoms with Gasteiger partial charge in [0.05, 0.1) is 12.6 Å². The summed E-state index contributed by atoms with van der Waals surface area (Å²) in [6, 6.07) is 6.73. The summed E-state index contributed by atoms with van der Waals surface area (Å²) < 4.78 is 43.6. The molecule has 1 aliphatic rings. The van der Waals surface area contributed by atoms with Crippen LogP contribution in [0.2, 0.25) is 0 Å². The predicted octanol–water partition coefficient (Wildman–Crippen LogP) is 6.06. The second-order valence-electron chi connectivity index (χ2n) is 12.3. The van der Waals surface area contributed by atoms with Crippen molar-refractivity contribution in [1.29, 1.82) is 0 Å². The van der Waals surface area contributed by atoms with Crippen molar-refractivity contribution in [3.63, 3.8) is 0 Å². The molecule has 0 radical (unpaired) electrons. The van der Waals surface area contributed by atoms with Gasteiger partial charge in [0, 0.05) is 42.0 Å². The van der Waals surface area contributed by atoms with Crippen LogP contribution in [0.5, 0.6) is 11.5 Å². The Morgan fingerprint density at radius 2 is 1.75 bits per heavy atom. The van der Waals surface area contributed by atoms with E-state index in [9.17, 15) is 13.6 Å². The quantitative estimate of drug-likeness (QED) is 0.339. The zero-order valence-corrected chi connectivity index (χ0v) is 24.9. The fourth-order valence-electron chi connectivity index (χ4n) is 4.25. The van der Waals surface area contributed by atoms with Gasteiger partial charge in [-0.3, -0.25) is 4.98 Å². The lowest BCUT2D eigenvalue weighted by atomic mass is 9.95. The first kappa shape index (κ1) is 33.2. The number of fused-ring (bicyclic) bond motifs is 3. The van der Waals surface area contributed by atoms with E-state index in [0.717, 1.165) is 22.4 Å². The molecule has 1 aromatic heterocycles. The second kappa shape index (κ2) is 13.6. The van der Waals surface area contributed by atoms with Gasteiger partial charge in [0.2, 0.25) is 0 Å². The summed E-state index contributed by atoms with van der Waals surface area (Å²) in [6.07, 6.45) is 3.21. The Labute approximate surface area is 236 Å². The molecule has 1 amide bonds. The third-order valence-electron chi connectivity index (χ3n) is 5.72. The molecule has 40 heavy (non-hydrogen) atoms. The van der Waals surface area contributed by atoms with Crippen molar-refractivity contribution < 1.29 is 32.9 Å². The third kappa shape index (κ3) is 11.6. The van der Waals surface area contributed by atoms with Gasteiger partial charge in [-0.25, -0.2) is 13.6 Å². The lowest BCUT2D eigenvalue weighted by Gasteiger charge is -2.26. The van der Waals surface area contributed by atoms with E-state index in [4.69, 9.17) is 25.1 Å². The molecule has 2 aromatic rings. The van der Waals surface area contributed by atoms with Gasteiger partial charge in [-0.15, -0.1) is 0 Å². The molecule has 3 rings (SSSR count). The maximum absolute atomic E-state index is 13.6. The number of hydrogen-bond acceptors (Lipinski definition) is 7. The van der Waals surface area contributed by atoms with Gasteiger partial charge in [-0.2, -0.15) is 0 Å². The van der Waals surface area contributed by atoms with E-state index in [1.807, 2.05) is 37.4 Å². The number of aliphatic hydroxyl groups is 1. The second-order valence-corrected chi connectivity index (χ2v) is 12.3. The molecule has 8 nitrogen and oxygen atoms in total. The van der Waals surface area contributed by atoms with E-state index < -0.39 is 29.1 Å². The number of rotatable bonds is 9. The number of aliphatic hydroxyl groups excluding tert-OH is 1. The zero-order chi connectivity index (χ0) is 30.3. The molecule has 0 aliphatic carbocycles. The molecule has 0 saturated heterocycles. The highest BCUT2D eigenvalue weighted by atomic mass is 19.1.